The van der Waals surface area contributed by atoms with Crippen LogP contribution in [-0.4, -0.2) is 35.0 Å². The van der Waals surface area contributed by atoms with Crippen LogP contribution >= 0.6 is 0 Å². The lowest BCUT2D eigenvalue weighted by atomic mass is 9.89. The van der Waals surface area contributed by atoms with Gasteiger partial charge in [-0.1, -0.05) is 42.5 Å². The van der Waals surface area contributed by atoms with Crippen LogP contribution in [0.15, 0.2) is 54.6 Å². The second kappa shape index (κ2) is 6.83. The minimum absolute atomic E-state index is 0.133. The first kappa shape index (κ1) is 16.2. The van der Waals surface area contributed by atoms with Crippen molar-refractivity contribution in [3.05, 3.63) is 71.5 Å². The standard InChI is InChI=1S/C19H18FNO3/c20-15-8-6-13(7-9-15)10-18(22)21-11-16(17(12-21)19(23)24)14-4-2-1-3-5-14/h1-9,16-17H,10-12H2,(H,23,24)/t16-,17-/m1/s1. The number of likely N-dealkylation sites (tertiary alicyclic amines) is 1. The van der Waals surface area contributed by atoms with Crippen molar-refractivity contribution in [3.63, 3.8) is 0 Å². The largest absolute Gasteiger partial charge is 0.481 e. The number of carbonyl (C=O) groups excluding carboxylic acids is 1. The molecule has 0 radical (unpaired) electrons. The van der Waals surface area contributed by atoms with Gasteiger partial charge in [0, 0.05) is 19.0 Å². The van der Waals surface area contributed by atoms with E-state index in [9.17, 15) is 19.1 Å². The molecule has 1 aliphatic rings. The van der Waals surface area contributed by atoms with Gasteiger partial charge in [0.1, 0.15) is 5.82 Å². The first-order valence-corrected chi connectivity index (χ1v) is 7.84. The van der Waals surface area contributed by atoms with Crippen LogP contribution in [0.1, 0.15) is 17.0 Å². The maximum Gasteiger partial charge on any atom is 0.308 e. The van der Waals surface area contributed by atoms with Crippen molar-refractivity contribution in [2.45, 2.75) is 12.3 Å². The van der Waals surface area contributed by atoms with Crippen molar-refractivity contribution >= 4 is 11.9 Å². The van der Waals surface area contributed by atoms with Crippen LogP contribution in [0.3, 0.4) is 0 Å². The lowest BCUT2D eigenvalue weighted by Crippen LogP contribution is -2.31. The number of aliphatic carboxylic acids is 1. The quantitative estimate of drug-likeness (QED) is 0.939. The highest BCUT2D eigenvalue weighted by molar-refractivity contribution is 5.81. The Bertz CT molecular complexity index is 730. The van der Waals surface area contributed by atoms with E-state index < -0.39 is 11.9 Å². The Morgan fingerprint density at radius 2 is 1.71 bits per heavy atom. The third-order valence-electron chi connectivity index (χ3n) is 4.49. The molecule has 0 saturated carbocycles. The molecule has 24 heavy (non-hydrogen) atoms. The zero-order valence-electron chi connectivity index (χ0n) is 13.1. The number of hydrogen-bond acceptors (Lipinski definition) is 2. The summed E-state index contributed by atoms with van der Waals surface area (Å²) in [5.41, 5.74) is 1.65. The van der Waals surface area contributed by atoms with E-state index in [0.29, 0.717) is 6.54 Å². The molecule has 0 unspecified atom stereocenters. The average molecular weight is 327 g/mol. The smallest absolute Gasteiger partial charge is 0.308 e. The molecular formula is C19H18FNO3. The number of hydrogen-bond donors (Lipinski definition) is 1. The molecule has 0 aliphatic carbocycles. The molecule has 4 nitrogen and oxygen atoms in total. The minimum Gasteiger partial charge on any atom is -0.481 e. The van der Waals surface area contributed by atoms with Gasteiger partial charge in [-0.25, -0.2) is 4.39 Å². The fraction of sp³-hybridized carbons (Fsp3) is 0.263. The Labute approximate surface area is 139 Å². The average Bonchev–Trinajstić information content (AvgIpc) is 3.03. The number of nitrogens with zero attached hydrogens (tertiary/aromatic N) is 1. The van der Waals surface area contributed by atoms with Gasteiger partial charge in [0.15, 0.2) is 0 Å². The van der Waals surface area contributed by atoms with E-state index in [2.05, 4.69) is 0 Å². The summed E-state index contributed by atoms with van der Waals surface area (Å²) in [5, 5.41) is 9.49. The maximum atomic E-state index is 12.9. The number of carbonyl (C=O) groups is 2. The monoisotopic (exact) mass is 327 g/mol. The molecule has 1 amide bonds. The maximum absolute atomic E-state index is 12.9. The molecule has 0 spiro atoms. The van der Waals surface area contributed by atoms with E-state index >= 15 is 0 Å². The van der Waals surface area contributed by atoms with Crippen LogP contribution < -0.4 is 0 Å². The Kier molecular flexibility index (Phi) is 4.60. The van der Waals surface area contributed by atoms with Gasteiger partial charge in [-0.3, -0.25) is 9.59 Å². The molecule has 2 atom stereocenters. The second-order valence-corrected chi connectivity index (χ2v) is 6.06. The van der Waals surface area contributed by atoms with Gasteiger partial charge in [-0.15, -0.1) is 0 Å². The number of carboxylic acids is 1. The SMILES string of the molecule is O=C(O)[C@@H]1CN(C(=O)Cc2ccc(F)cc2)C[C@@H]1c1ccccc1. The number of benzene rings is 2. The molecule has 1 aliphatic heterocycles. The van der Waals surface area contributed by atoms with Gasteiger partial charge in [0.25, 0.3) is 0 Å². The molecule has 2 aromatic carbocycles. The van der Waals surface area contributed by atoms with Gasteiger partial charge >= 0.3 is 5.97 Å². The molecule has 1 saturated heterocycles. The summed E-state index contributed by atoms with van der Waals surface area (Å²) >= 11 is 0. The fourth-order valence-electron chi connectivity index (χ4n) is 3.18. The van der Waals surface area contributed by atoms with Crippen LogP contribution in [-0.2, 0) is 16.0 Å². The van der Waals surface area contributed by atoms with Crippen LogP contribution in [0.2, 0.25) is 0 Å². The third-order valence-corrected chi connectivity index (χ3v) is 4.49. The molecule has 124 valence electrons. The fourth-order valence-corrected chi connectivity index (χ4v) is 3.18. The normalized spacial score (nSPS) is 20.1. The van der Waals surface area contributed by atoms with Crippen LogP contribution in [0.25, 0.3) is 0 Å². The summed E-state index contributed by atoms with van der Waals surface area (Å²) in [6.07, 6.45) is 0.147. The van der Waals surface area contributed by atoms with E-state index in [1.807, 2.05) is 30.3 Å². The van der Waals surface area contributed by atoms with Gasteiger partial charge in [0.2, 0.25) is 5.91 Å². The number of carboxylic acid groups (broad SMARTS) is 1. The predicted octanol–water partition coefficient (Wildman–Crippen LogP) is 2.70. The van der Waals surface area contributed by atoms with Crippen molar-refractivity contribution in [1.29, 1.82) is 0 Å². The Hall–Kier alpha value is -2.69. The summed E-state index contributed by atoms with van der Waals surface area (Å²) < 4.78 is 12.9. The Balaban J connectivity index is 1.74. The number of halogens is 1. The summed E-state index contributed by atoms with van der Waals surface area (Å²) in [6, 6.07) is 15.2. The molecule has 2 aromatic rings. The minimum atomic E-state index is -0.888. The van der Waals surface area contributed by atoms with E-state index in [0.717, 1.165) is 11.1 Å². The molecule has 1 fully saturated rings. The lowest BCUT2D eigenvalue weighted by Gasteiger charge is -2.16. The molecule has 0 aromatic heterocycles. The van der Waals surface area contributed by atoms with Crippen molar-refractivity contribution in [2.24, 2.45) is 5.92 Å². The zero-order chi connectivity index (χ0) is 17.1. The van der Waals surface area contributed by atoms with E-state index in [1.165, 1.54) is 12.1 Å². The molecule has 0 bridgehead atoms. The van der Waals surface area contributed by atoms with Gasteiger partial charge in [0.05, 0.1) is 12.3 Å². The molecule has 5 heteroatoms. The van der Waals surface area contributed by atoms with Crippen LogP contribution in [0.5, 0.6) is 0 Å². The van der Waals surface area contributed by atoms with Gasteiger partial charge in [-0.2, -0.15) is 0 Å². The first-order chi connectivity index (χ1) is 11.5. The highest BCUT2D eigenvalue weighted by Crippen LogP contribution is 2.33. The molecule has 1 heterocycles. The lowest BCUT2D eigenvalue weighted by molar-refractivity contribution is -0.141. The Morgan fingerprint density at radius 3 is 2.33 bits per heavy atom. The number of amides is 1. The van der Waals surface area contributed by atoms with E-state index in [1.54, 1.807) is 17.0 Å². The van der Waals surface area contributed by atoms with Gasteiger partial charge in [-0.05, 0) is 23.3 Å². The predicted molar refractivity (Wildman–Crippen MR) is 87.0 cm³/mol. The molecule has 1 N–H and O–H groups in total. The highest BCUT2D eigenvalue weighted by atomic mass is 19.1. The Morgan fingerprint density at radius 1 is 1.04 bits per heavy atom. The van der Waals surface area contributed by atoms with Crippen molar-refractivity contribution < 1.29 is 19.1 Å². The summed E-state index contributed by atoms with van der Waals surface area (Å²) in [7, 11) is 0. The molecular weight excluding hydrogens is 309 g/mol. The summed E-state index contributed by atoms with van der Waals surface area (Å²) in [5.74, 6) is -2.18. The zero-order valence-corrected chi connectivity index (χ0v) is 13.1. The van der Waals surface area contributed by atoms with Crippen molar-refractivity contribution in [2.75, 3.05) is 13.1 Å². The van der Waals surface area contributed by atoms with Crippen LogP contribution in [0.4, 0.5) is 4.39 Å². The van der Waals surface area contributed by atoms with Crippen LogP contribution in [0, 0.1) is 11.7 Å². The van der Waals surface area contributed by atoms with Crippen molar-refractivity contribution in [3.8, 4) is 0 Å². The second-order valence-electron chi connectivity index (χ2n) is 6.06. The van der Waals surface area contributed by atoms with Crippen molar-refractivity contribution in [1.82, 2.24) is 4.90 Å². The summed E-state index contributed by atoms with van der Waals surface area (Å²) in [6.45, 7) is 0.593. The number of rotatable bonds is 4. The third kappa shape index (κ3) is 3.45. The van der Waals surface area contributed by atoms with E-state index in [4.69, 9.17) is 0 Å². The first-order valence-electron chi connectivity index (χ1n) is 7.84. The topological polar surface area (TPSA) is 57.6 Å². The highest BCUT2D eigenvalue weighted by Gasteiger charge is 2.40. The van der Waals surface area contributed by atoms with Gasteiger partial charge < -0.3 is 10.0 Å². The van der Waals surface area contributed by atoms with E-state index in [-0.39, 0.29) is 30.6 Å². The summed E-state index contributed by atoms with van der Waals surface area (Å²) in [4.78, 5) is 25.7. The molecule has 3 rings (SSSR count).